The van der Waals surface area contributed by atoms with E-state index in [0.29, 0.717) is 17.3 Å². The molecule has 1 saturated heterocycles. The van der Waals surface area contributed by atoms with E-state index >= 15 is 0 Å². The highest BCUT2D eigenvalue weighted by Crippen LogP contribution is 2.17. The molecular weight excluding hydrogens is 314 g/mol. The van der Waals surface area contributed by atoms with Crippen molar-refractivity contribution in [3.05, 3.63) is 46.7 Å². The molecule has 2 heterocycles. The van der Waals surface area contributed by atoms with Crippen molar-refractivity contribution >= 4 is 17.5 Å². The predicted octanol–water partition coefficient (Wildman–Crippen LogP) is 1.76. The average molecular weight is 334 g/mol. The van der Waals surface area contributed by atoms with Gasteiger partial charge in [0.15, 0.2) is 5.69 Å². The van der Waals surface area contributed by atoms with Crippen LogP contribution in [-0.4, -0.2) is 63.9 Å². The summed E-state index contributed by atoms with van der Waals surface area (Å²) in [4.78, 5) is 16.5. The second-order valence-electron chi connectivity index (χ2n) is 6.01. The third kappa shape index (κ3) is 3.54. The molecule has 1 aromatic carbocycles. The minimum atomic E-state index is -0.0873. The summed E-state index contributed by atoms with van der Waals surface area (Å²) < 4.78 is 1.64. The second kappa shape index (κ2) is 6.68. The fraction of sp³-hybridized carbons (Fsp3) is 0.438. The first kappa shape index (κ1) is 16.0. The summed E-state index contributed by atoms with van der Waals surface area (Å²) in [6, 6.07) is 7.82. The van der Waals surface area contributed by atoms with Crippen molar-refractivity contribution in [3.63, 3.8) is 0 Å². The van der Waals surface area contributed by atoms with Gasteiger partial charge in [-0.3, -0.25) is 4.79 Å². The van der Waals surface area contributed by atoms with Gasteiger partial charge in [0.1, 0.15) is 0 Å². The molecule has 3 rings (SSSR count). The summed E-state index contributed by atoms with van der Waals surface area (Å²) in [6.07, 6.45) is 2.67. The lowest BCUT2D eigenvalue weighted by molar-refractivity contribution is 0.0731. The minimum absolute atomic E-state index is 0.0873. The van der Waals surface area contributed by atoms with Gasteiger partial charge in [0, 0.05) is 24.7 Å². The van der Waals surface area contributed by atoms with Gasteiger partial charge < -0.3 is 9.80 Å². The van der Waals surface area contributed by atoms with Crippen molar-refractivity contribution in [1.29, 1.82) is 0 Å². The molecule has 0 bridgehead atoms. The maximum atomic E-state index is 12.5. The van der Waals surface area contributed by atoms with Gasteiger partial charge in [-0.2, -0.15) is 0 Å². The number of amides is 1. The molecule has 1 aromatic heterocycles. The molecule has 2 aromatic rings. The fourth-order valence-electron chi connectivity index (χ4n) is 2.85. The smallest absolute Gasteiger partial charge is 0.276 e. The number of nitrogens with zero attached hydrogens (tertiary/aromatic N) is 5. The van der Waals surface area contributed by atoms with E-state index in [1.165, 1.54) is 0 Å². The molecule has 1 atom stereocenters. The number of aromatic nitrogens is 3. The molecule has 1 fully saturated rings. The van der Waals surface area contributed by atoms with Gasteiger partial charge in [-0.05, 0) is 31.6 Å². The van der Waals surface area contributed by atoms with Crippen LogP contribution in [0.2, 0.25) is 5.02 Å². The number of carbonyl (C=O) groups excluding carboxylic acids is 1. The first-order valence-corrected chi connectivity index (χ1v) is 8.01. The molecule has 0 spiro atoms. The van der Waals surface area contributed by atoms with E-state index in [0.717, 1.165) is 25.1 Å². The highest BCUT2D eigenvalue weighted by Gasteiger charge is 2.28. The predicted molar refractivity (Wildman–Crippen MR) is 88.6 cm³/mol. The zero-order chi connectivity index (χ0) is 16.4. The number of likely N-dealkylation sites (N-methyl/N-ethyl adjacent to an activating group) is 2. The van der Waals surface area contributed by atoms with E-state index in [1.807, 2.05) is 31.3 Å². The van der Waals surface area contributed by atoms with E-state index < -0.39 is 0 Å². The lowest BCUT2D eigenvalue weighted by atomic mass is 10.2. The summed E-state index contributed by atoms with van der Waals surface area (Å²) in [5, 5.41) is 8.75. The second-order valence-corrected chi connectivity index (χ2v) is 6.42. The molecule has 7 heteroatoms. The zero-order valence-electron chi connectivity index (χ0n) is 13.3. The summed E-state index contributed by atoms with van der Waals surface area (Å²) in [5.41, 5.74) is 1.32. The van der Waals surface area contributed by atoms with Crippen molar-refractivity contribution in [2.75, 3.05) is 27.2 Å². The van der Waals surface area contributed by atoms with Crippen LogP contribution >= 0.6 is 11.6 Å². The van der Waals surface area contributed by atoms with Crippen LogP contribution in [0.1, 0.15) is 22.5 Å². The van der Waals surface area contributed by atoms with Crippen LogP contribution in [0.3, 0.4) is 0 Å². The Bertz CT molecular complexity index is 701. The Kier molecular flexibility index (Phi) is 4.63. The van der Waals surface area contributed by atoms with Gasteiger partial charge in [-0.15, -0.1) is 5.10 Å². The normalized spacial score (nSPS) is 18.3. The molecular formula is C16H20ClN5O. The van der Waals surface area contributed by atoms with E-state index in [1.54, 1.807) is 15.8 Å². The first-order valence-electron chi connectivity index (χ1n) is 7.64. The van der Waals surface area contributed by atoms with Crippen LogP contribution in [0.5, 0.6) is 0 Å². The van der Waals surface area contributed by atoms with E-state index in [4.69, 9.17) is 11.6 Å². The van der Waals surface area contributed by atoms with Crippen molar-refractivity contribution in [1.82, 2.24) is 24.8 Å². The molecule has 1 aliphatic heterocycles. The Balaban J connectivity index is 1.69. The lowest BCUT2D eigenvalue weighted by Crippen LogP contribution is -2.38. The number of carbonyl (C=O) groups is 1. The molecule has 0 radical (unpaired) electrons. The van der Waals surface area contributed by atoms with Gasteiger partial charge in [0.05, 0.1) is 12.7 Å². The molecule has 0 N–H and O–H groups in total. The molecule has 122 valence electrons. The van der Waals surface area contributed by atoms with Crippen LogP contribution in [0.15, 0.2) is 30.5 Å². The number of hydrogen-bond acceptors (Lipinski definition) is 4. The summed E-state index contributed by atoms with van der Waals surface area (Å²) in [5.74, 6) is -0.0873. The largest absolute Gasteiger partial charge is 0.336 e. The number of rotatable bonds is 4. The van der Waals surface area contributed by atoms with Gasteiger partial charge in [-0.25, -0.2) is 4.68 Å². The maximum absolute atomic E-state index is 12.5. The van der Waals surface area contributed by atoms with Crippen LogP contribution in [0.25, 0.3) is 0 Å². The Morgan fingerprint density at radius 1 is 1.43 bits per heavy atom. The highest BCUT2D eigenvalue weighted by atomic mass is 35.5. The zero-order valence-corrected chi connectivity index (χ0v) is 14.1. The van der Waals surface area contributed by atoms with Crippen molar-refractivity contribution < 1.29 is 4.79 Å². The Morgan fingerprint density at radius 3 is 2.91 bits per heavy atom. The highest BCUT2D eigenvalue weighted by molar-refractivity contribution is 6.31. The summed E-state index contributed by atoms with van der Waals surface area (Å²) in [7, 11) is 3.90. The Morgan fingerprint density at radius 2 is 2.22 bits per heavy atom. The Hall–Kier alpha value is -1.92. The Labute approximate surface area is 140 Å². The molecule has 23 heavy (non-hydrogen) atoms. The monoisotopic (exact) mass is 333 g/mol. The molecule has 1 unspecified atom stereocenters. The lowest BCUT2D eigenvalue weighted by Gasteiger charge is -2.23. The van der Waals surface area contributed by atoms with Crippen LogP contribution in [0.4, 0.5) is 0 Å². The van der Waals surface area contributed by atoms with Crippen LogP contribution < -0.4 is 0 Å². The number of likely N-dealkylation sites (tertiary alicyclic amines) is 1. The summed E-state index contributed by atoms with van der Waals surface area (Å²) >= 11 is 6.15. The molecule has 6 nitrogen and oxygen atoms in total. The molecule has 1 amide bonds. The van der Waals surface area contributed by atoms with Crippen LogP contribution in [0, 0.1) is 0 Å². The van der Waals surface area contributed by atoms with E-state index in [2.05, 4.69) is 22.3 Å². The minimum Gasteiger partial charge on any atom is -0.336 e. The number of hydrogen-bond donors (Lipinski definition) is 0. The van der Waals surface area contributed by atoms with Gasteiger partial charge >= 0.3 is 0 Å². The fourth-order valence-corrected chi connectivity index (χ4v) is 3.04. The quantitative estimate of drug-likeness (QED) is 0.855. The van der Waals surface area contributed by atoms with Gasteiger partial charge in [-0.1, -0.05) is 35.0 Å². The summed E-state index contributed by atoms with van der Waals surface area (Å²) in [6.45, 7) is 2.41. The standard InChI is InChI=1S/C16H20ClN5O/c1-20-8-7-13(10-20)21(2)16(23)15-11-22(19-18-15)9-12-5-3-4-6-14(12)17/h3-6,11,13H,7-10H2,1-2H3. The van der Waals surface area contributed by atoms with E-state index in [9.17, 15) is 4.79 Å². The maximum Gasteiger partial charge on any atom is 0.276 e. The first-order chi connectivity index (χ1) is 11.0. The third-order valence-electron chi connectivity index (χ3n) is 4.28. The van der Waals surface area contributed by atoms with Crippen molar-refractivity contribution in [2.45, 2.75) is 19.0 Å². The van der Waals surface area contributed by atoms with Crippen LogP contribution in [-0.2, 0) is 6.54 Å². The molecule has 0 aliphatic carbocycles. The molecule has 0 saturated carbocycles. The number of halogens is 1. The van der Waals surface area contributed by atoms with E-state index in [-0.39, 0.29) is 11.9 Å². The third-order valence-corrected chi connectivity index (χ3v) is 4.65. The molecule has 1 aliphatic rings. The number of benzene rings is 1. The van der Waals surface area contributed by atoms with Gasteiger partial charge in [0.2, 0.25) is 0 Å². The van der Waals surface area contributed by atoms with Crippen molar-refractivity contribution in [3.8, 4) is 0 Å². The topological polar surface area (TPSA) is 54.3 Å². The van der Waals surface area contributed by atoms with Crippen molar-refractivity contribution in [2.24, 2.45) is 0 Å². The SMILES string of the molecule is CN1CCC(N(C)C(=O)c2cn(Cc3ccccc3Cl)nn2)C1. The average Bonchev–Trinajstić information content (AvgIpc) is 3.17. The van der Waals surface area contributed by atoms with Gasteiger partial charge in [0.25, 0.3) is 5.91 Å².